The van der Waals surface area contributed by atoms with Crippen LogP contribution in [0.3, 0.4) is 0 Å². The molecule has 4 heterocycles. The van der Waals surface area contributed by atoms with Crippen LogP contribution >= 0.6 is 11.3 Å². The summed E-state index contributed by atoms with van der Waals surface area (Å²) in [6.07, 6.45) is 4.87. The SMILES string of the molecule is Fc1ccnc(N2CCC(c3nc(COc4ccc(-n5cnnn5)cc4)cs3)CC2)n1. The summed E-state index contributed by atoms with van der Waals surface area (Å²) in [4.78, 5) is 14.8. The molecule has 0 saturated carbocycles. The van der Waals surface area contributed by atoms with Crippen molar-refractivity contribution in [3.05, 3.63) is 64.9 Å². The normalized spacial score (nSPS) is 14.7. The number of benzene rings is 1. The van der Waals surface area contributed by atoms with Gasteiger partial charge in [-0.25, -0.2) is 14.6 Å². The molecule has 0 bridgehead atoms. The van der Waals surface area contributed by atoms with E-state index in [0.717, 1.165) is 48.1 Å². The van der Waals surface area contributed by atoms with Gasteiger partial charge in [-0.05, 0) is 47.5 Å². The molecule has 0 radical (unpaired) electrons. The standard InChI is InChI=1S/C20H19FN8OS/c21-18-5-8-22-20(25-18)28-9-6-14(7-10-28)19-24-15(12-31-19)11-30-17-3-1-16(2-4-17)29-13-23-26-27-29/h1-5,8,12-14H,6-7,9-11H2. The van der Waals surface area contributed by atoms with Crippen LogP contribution in [0.1, 0.15) is 29.5 Å². The van der Waals surface area contributed by atoms with E-state index in [1.165, 1.54) is 12.3 Å². The molecule has 1 saturated heterocycles. The van der Waals surface area contributed by atoms with E-state index < -0.39 is 5.95 Å². The van der Waals surface area contributed by atoms with Gasteiger partial charge < -0.3 is 9.64 Å². The quantitative estimate of drug-likeness (QED) is 0.424. The van der Waals surface area contributed by atoms with Gasteiger partial charge in [0, 0.05) is 36.7 Å². The zero-order valence-electron chi connectivity index (χ0n) is 16.5. The van der Waals surface area contributed by atoms with Crippen molar-refractivity contribution in [2.75, 3.05) is 18.0 Å². The van der Waals surface area contributed by atoms with Crippen molar-refractivity contribution in [3.8, 4) is 11.4 Å². The third-order valence-corrected chi connectivity index (χ3v) is 6.20. The highest BCUT2D eigenvalue weighted by Crippen LogP contribution is 2.31. The fourth-order valence-electron chi connectivity index (χ4n) is 3.51. The number of anilines is 1. The molecule has 3 aromatic heterocycles. The maximum atomic E-state index is 13.3. The van der Waals surface area contributed by atoms with E-state index in [-0.39, 0.29) is 0 Å². The maximum Gasteiger partial charge on any atom is 0.227 e. The average molecular weight is 438 g/mol. The Bertz CT molecular complexity index is 1130. The summed E-state index contributed by atoms with van der Waals surface area (Å²) in [6.45, 7) is 1.98. The highest BCUT2D eigenvalue weighted by Gasteiger charge is 2.24. The van der Waals surface area contributed by atoms with Crippen molar-refractivity contribution >= 4 is 17.3 Å². The number of piperidine rings is 1. The Morgan fingerprint density at radius 1 is 1.10 bits per heavy atom. The average Bonchev–Trinajstić information content (AvgIpc) is 3.51. The van der Waals surface area contributed by atoms with Gasteiger partial charge in [-0.2, -0.15) is 9.37 Å². The lowest BCUT2D eigenvalue weighted by Gasteiger charge is -2.30. The van der Waals surface area contributed by atoms with Crippen LogP contribution < -0.4 is 9.64 Å². The number of hydrogen-bond donors (Lipinski definition) is 0. The van der Waals surface area contributed by atoms with Crippen LogP contribution in [0.25, 0.3) is 5.69 Å². The van der Waals surface area contributed by atoms with Gasteiger partial charge in [0.05, 0.1) is 16.4 Å². The molecular formula is C20H19FN8OS. The van der Waals surface area contributed by atoms with E-state index in [1.54, 1.807) is 22.3 Å². The summed E-state index contributed by atoms with van der Waals surface area (Å²) < 4.78 is 20.8. The first-order valence-corrected chi connectivity index (χ1v) is 10.8. The van der Waals surface area contributed by atoms with Gasteiger partial charge in [0.25, 0.3) is 0 Å². The van der Waals surface area contributed by atoms with Gasteiger partial charge in [-0.3, -0.25) is 0 Å². The number of aromatic nitrogens is 7. The second-order valence-electron chi connectivity index (χ2n) is 7.15. The van der Waals surface area contributed by atoms with E-state index in [9.17, 15) is 4.39 Å². The second-order valence-corrected chi connectivity index (χ2v) is 8.04. The van der Waals surface area contributed by atoms with Gasteiger partial charge in [-0.15, -0.1) is 16.4 Å². The highest BCUT2D eigenvalue weighted by molar-refractivity contribution is 7.09. The van der Waals surface area contributed by atoms with Gasteiger partial charge in [0.2, 0.25) is 11.9 Å². The van der Waals surface area contributed by atoms with E-state index in [4.69, 9.17) is 9.72 Å². The number of ether oxygens (including phenoxy) is 1. The van der Waals surface area contributed by atoms with Crippen LogP contribution in [0.15, 0.2) is 48.2 Å². The summed E-state index contributed by atoms with van der Waals surface area (Å²) in [5.41, 5.74) is 1.78. The van der Waals surface area contributed by atoms with Crippen LogP contribution in [0, 0.1) is 5.95 Å². The van der Waals surface area contributed by atoms with Crippen molar-refractivity contribution in [3.63, 3.8) is 0 Å². The monoisotopic (exact) mass is 438 g/mol. The maximum absolute atomic E-state index is 13.3. The van der Waals surface area contributed by atoms with Gasteiger partial charge in [0.15, 0.2) is 0 Å². The zero-order valence-corrected chi connectivity index (χ0v) is 17.3. The Balaban J connectivity index is 1.15. The number of rotatable bonds is 6. The van der Waals surface area contributed by atoms with Crippen molar-refractivity contribution in [1.82, 2.24) is 35.2 Å². The molecule has 1 aliphatic rings. The molecule has 0 spiro atoms. The molecule has 11 heteroatoms. The number of thiazole rings is 1. The van der Waals surface area contributed by atoms with Crippen LogP contribution in [0.2, 0.25) is 0 Å². The Labute approximate surface area is 181 Å². The molecule has 0 unspecified atom stereocenters. The second kappa shape index (κ2) is 8.72. The lowest BCUT2D eigenvalue weighted by molar-refractivity contribution is 0.301. The Kier molecular flexibility index (Phi) is 5.48. The molecule has 1 aromatic carbocycles. The topological polar surface area (TPSA) is 94.7 Å². The predicted octanol–water partition coefficient (Wildman–Crippen LogP) is 3.01. The van der Waals surface area contributed by atoms with Crippen LogP contribution in [0.4, 0.5) is 10.3 Å². The summed E-state index contributed by atoms with van der Waals surface area (Å²) >= 11 is 1.67. The van der Waals surface area contributed by atoms with Gasteiger partial charge in [-0.1, -0.05) is 0 Å². The first-order valence-electron chi connectivity index (χ1n) is 9.88. The molecule has 158 valence electrons. The molecule has 5 rings (SSSR count). The van der Waals surface area contributed by atoms with Crippen molar-refractivity contribution in [2.45, 2.75) is 25.4 Å². The van der Waals surface area contributed by atoms with Crippen molar-refractivity contribution in [2.24, 2.45) is 0 Å². The van der Waals surface area contributed by atoms with Crippen LogP contribution in [-0.4, -0.2) is 48.2 Å². The fourth-order valence-corrected chi connectivity index (χ4v) is 4.49. The van der Waals surface area contributed by atoms with E-state index in [1.807, 2.05) is 34.5 Å². The number of hydrogen-bond acceptors (Lipinski definition) is 9. The first-order chi connectivity index (χ1) is 15.2. The van der Waals surface area contributed by atoms with Crippen LogP contribution in [-0.2, 0) is 6.61 Å². The molecule has 0 N–H and O–H groups in total. The van der Waals surface area contributed by atoms with Gasteiger partial charge >= 0.3 is 0 Å². The fraction of sp³-hybridized carbons (Fsp3) is 0.300. The molecule has 1 fully saturated rings. The summed E-state index contributed by atoms with van der Waals surface area (Å²) in [5, 5.41) is 14.3. The molecule has 1 aliphatic heterocycles. The molecule has 0 atom stereocenters. The number of halogens is 1. The van der Waals surface area contributed by atoms with Crippen LogP contribution in [0.5, 0.6) is 5.75 Å². The van der Waals surface area contributed by atoms with E-state index in [0.29, 0.717) is 18.5 Å². The molecule has 4 aromatic rings. The molecule has 0 amide bonds. The van der Waals surface area contributed by atoms with E-state index in [2.05, 4.69) is 25.5 Å². The van der Waals surface area contributed by atoms with Gasteiger partial charge in [0.1, 0.15) is 18.7 Å². The Hall–Kier alpha value is -3.47. The first kappa shape index (κ1) is 19.5. The third kappa shape index (κ3) is 4.50. The highest BCUT2D eigenvalue weighted by atomic mass is 32.1. The minimum atomic E-state index is -0.498. The smallest absolute Gasteiger partial charge is 0.227 e. The summed E-state index contributed by atoms with van der Waals surface area (Å²) in [6, 6.07) is 8.82. The van der Waals surface area contributed by atoms with Crippen molar-refractivity contribution in [1.29, 1.82) is 0 Å². The summed E-state index contributed by atoms with van der Waals surface area (Å²) in [5.74, 6) is 1.11. The number of nitrogens with zero attached hydrogens (tertiary/aromatic N) is 8. The largest absolute Gasteiger partial charge is 0.487 e. The predicted molar refractivity (Wildman–Crippen MR) is 112 cm³/mol. The van der Waals surface area contributed by atoms with Crippen molar-refractivity contribution < 1.29 is 9.13 Å². The summed E-state index contributed by atoms with van der Waals surface area (Å²) in [7, 11) is 0. The molecule has 31 heavy (non-hydrogen) atoms. The van der Waals surface area contributed by atoms with E-state index >= 15 is 0 Å². The molecular weight excluding hydrogens is 419 g/mol. The Morgan fingerprint density at radius 3 is 2.68 bits per heavy atom. The zero-order chi connectivity index (χ0) is 21.0. The molecule has 9 nitrogen and oxygen atoms in total. The lowest BCUT2D eigenvalue weighted by Crippen LogP contribution is -2.34. The third-order valence-electron chi connectivity index (χ3n) is 5.14. The lowest BCUT2D eigenvalue weighted by atomic mass is 9.98. The minimum Gasteiger partial charge on any atom is -0.487 e. The number of tetrazole rings is 1. The minimum absolute atomic E-state index is 0.388. The molecule has 0 aliphatic carbocycles. The Morgan fingerprint density at radius 2 is 1.94 bits per heavy atom.